The van der Waals surface area contributed by atoms with E-state index in [1.807, 2.05) is 73.0 Å². The molecule has 4 aromatic rings. The average Bonchev–Trinajstić information content (AvgIpc) is 3.16. The van der Waals surface area contributed by atoms with Crippen LogP contribution in [0.15, 0.2) is 66.7 Å². The summed E-state index contributed by atoms with van der Waals surface area (Å²) in [7, 11) is 0. The molecule has 4 rings (SSSR count). The second-order valence-electron chi connectivity index (χ2n) is 8.44. The van der Waals surface area contributed by atoms with E-state index in [4.69, 9.17) is 16.3 Å². The predicted molar refractivity (Wildman–Crippen MR) is 134 cm³/mol. The molecular formula is C27H28ClN3O3. The quantitative estimate of drug-likeness (QED) is 0.369. The highest BCUT2D eigenvalue weighted by Crippen LogP contribution is 2.21. The van der Waals surface area contributed by atoms with E-state index in [0.717, 1.165) is 33.5 Å². The zero-order valence-electron chi connectivity index (χ0n) is 19.3. The van der Waals surface area contributed by atoms with Crippen molar-refractivity contribution < 1.29 is 14.6 Å². The van der Waals surface area contributed by atoms with Crippen LogP contribution in [0.3, 0.4) is 0 Å². The first-order valence-corrected chi connectivity index (χ1v) is 11.6. The Hall–Kier alpha value is -3.35. The molecule has 34 heavy (non-hydrogen) atoms. The van der Waals surface area contributed by atoms with E-state index in [2.05, 4.69) is 10.3 Å². The number of halogens is 1. The van der Waals surface area contributed by atoms with Gasteiger partial charge < -0.3 is 19.7 Å². The number of para-hydroxylation sites is 2. The van der Waals surface area contributed by atoms with E-state index in [1.165, 1.54) is 0 Å². The van der Waals surface area contributed by atoms with E-state index in [0.29, 0.717) is 17.4 Å². The van der Waals surface area contributed by atoms with Crippen LogP contribution < -0.4 is 10.1 Å². The Morgan fingerprint density at radius 3 is 2.68 bits per heavy atom. The number of aliphatic hydroxyl groups is 1. The summed E-state index contributed by atoms with van der Waals surface area (Å²) in [5.74, 6) is 1.21. The van der Waals surface area contributed by atoms with E-state index < -0.39 is 6.10 Å². The number of rotatable bonds is 9. The van der Waals surface area contributed by atoms with Gasteiger partial charge in [0, 0.05) is 11.6 Å². The minimum absolute atomic E-state index is 0.104. The molecule has 1 amide bonds. The third-order valence-electron chi connectivity index (χ3n) is 5.62. The number of hydrogen-bond acceptors (Lipinski definition) is 4. The summed E-state index contributed by atoms with van der Waals surface area (Å²) in [6.07, 6.45) is -0.666. The number of nitrogens with zero attached hydrogens (tertiary/aromatic N) is 2. The fourth-order valence-electron chi connectivity index (χ4n) is 3.79. The monoisotopic (exact) mass is 477 g/mol. The molecule has 1 heterocycles. The van der Waals surface area contributed by atoms with Crippen molar-refractivity contribution in [1.29, 1.82) is 0 Å². The number of benzene rings is 3. The second-order valence-corrected chi connectivity index (χ2v) is 8.88. The standard InChI is InChI=1S/C27H28ClN3O3/c1-18-7-8-19(2)25(13-18)34-17-22(32)16-31-24-6-4-3-5-23(24)30-26(31)14-27(33)29-15-20-9-11-21(28)12-10-20/h3-13,22,32H,14-17H2,1-2H3,(H,29,33). The van der Waals surface area contributed by atoms with Crippen LogP contribution in [-0.2, 0) is 24.3 Å². The van der Waals surface area contributed by atoms with Crippen LogP contribution >= 0.6 is 11.6 Å². The number of aryl methyl sites for hydroxylation is 2. The first-order valence-electron chi connectivity index (χ1n) is 11.2. The molecule has 0 spiro atoms. The van der Waals surface area contributed by atoms with Crippen molar-refractivity contribution in [1.82, 2.24) is 14.9 Å². The molecule has 1 unspecified atom stereocenters. The third-order valence-corrected chi connectivity index (χ3v) is 5.88. The first-order chi connectivity index (χ1) is 16.4. The van der Waals surface area contributed by atoms with Gasteiger partial charge in [-0.15, -0.1) is 0 Å². The van der Waals surface area contributed by atoms with Crippen LogP contribution in [0, 0.1) is 13.8 Å². The van der Waals surface area contributed by atoms with Crippen molar-refractivity contribution in [3.8, 4) is 5.75 Å². The Balaban J connectivity index is 1.44. The number of carbonyl (C=O) groups excluding carboxylic acids is 1. The van der Waals surface area contributed by atoms with Crippen LogP contribution in [0.2, 0.25) is 5.02 Å². The van der Waals surface area contributed by atoms with Crippen LogP contribution in [0.5, 0.6) is 5.75 Å². The molecule has 0 saturated carbocycles. The van der Waals surface area contributed by atoms with Gasteiger partial charge in [-0.2, -0.15) is 0 Å². The second kappa shape index (κ2) is 10.7. The molecule has 0 saturated heterocycles. The Kier molecular flexibility index (Phi) is 7.50. The predicted octanol–water partition coefficient (Wildman–Crippen LogP) is 4.61. The number of amides is 1. The van der Waals surface area contributed by atoms with Gasteiger partial charge in [0.2, 0.25) is 5.91 Å². The highest BCUT2D eigenvalue weighted by Gasteiger charge is 2.17. The highest BCUT2D eigenvalue weighted by molar-refractivity contribution is 6.30. The summed E-state index contributed by atoms with van der Waals surface area (Å²) in [6.45, 7) is 4.79. The van der Waals surface area contributed by atoms with E-state index in [9.17, 15) is 9.90 Å². The smallest absolute Gasteiger partial charge is 0.227 e. The molecule has 3 aromatic carbocycles. The number of aromatic nitrogens is 2. The molecule has 6 nitrogen and oxygen atoms in total. The minimum Gasteiger partial charge on any atom is -0.491 e. The summed E-state index contributed by atoms with van der Waals surface area (Å²) in [4.78, 5) is 17.3. The lowest BCUT2D eigenvalue weighted by Gasteiger charge is -2.17. The first kappa shape index (κ1) is 23.8. The summed E-state index contributed by atoms with van der Waals surface area (Å²) in [5.41, 5.74) is 4.73. The zero-order chi connectivity index (χ0) is 24.1. The summed E-state index contributed by atoms with van der Waals surface area (Å²) in [5, 5.41) is 14.3. The normalized spacial score (nSPS) is 12.0. The highest BCUT2D eigenvalue weighted by atomic mass is 35.5. The molecule has 0 fully saturated rings. The largest absolute Gasteiger partial charge is 0.491 e. The van der Waals surface area contributed by atoms with Gasteiger partial charge >= 0.3 is 0 Å². The van der Waals surface area contributed by atoms with Crippen LogP contribution in [0.1, 0.15) is 22.5 Å². The lowest BCUT2D eigenvalue weighted by Crippen LogP contribution is -2.28. The van der Waals surface area contributed by atoms with Crippen molar-refractivity contribution in [2.75, 3.05) is 6.61 Å². The van der Waals surface area contributed by atoms with E-state index in [1.54, 1.807) is 12.1 Å². The number of aliphatic hydroxyl groups excluding tert-OH is 1. The van der Waals surface area contributed by atoms with Gasteiger partial charge in [0.25, 0.3) is 0 Å². The van der Waals surface area contributed by atoms with E-state index >= 15 is 0 Å². The van der Waals surface area contributed by atoms with Gasteiger partial charge in [-0.3, -0.25) is 4.79 Å². The number of ether oxygens (including phenoxy) is 1. The fraction of sp³-hybridized carbons (Fsp3) is 0.259. The lowest BCUT2D eigenvalue weighted by molar-refractivity contribution is -0.120. The Morgan fingerprint density at radius 1 is 1.12 bits per heavy atom. The molecular weight excluding hydrogens is 450 g/mol. The van der Waals surface area contributed by atoms with Crippen molar-refractivity contribution in [2.45, 2.75) is 39.5 Å². The maximum absolute atomic E-state index is 12.7. The number of carbonyl (C=O) groups is 1. The maximum Gasteiger partial charge on any atom is 0.227 e. The molecule has 1 aromatic heterocycles. The number of imidazole rings is 1. The fourth-order valence-corrected chi connectivity index (χ4v) is 3.91. The topological polar surface area (TPSA) is 76.4 Å². The van der Waals surface area contributed by atoms with Gasteiger partial charge in [0.1, 0.15) is 24.3 Å². The minimum atomic E-state index is -0.770. The lowest BCUT2D eigenvalue weighted by atomic mass is 10.1. The third kappa shape index (κ3) is 5.95. The van der Waals surface area contributed by atoms with Crippen molar-refractivity contribution in [3.63, 3.8) is 0 Å². The Labute approximate surface area is 204 Å². The Morgan fingerprint density at radius 2 is 1.88 bits per heavy atom. The Bertz CT molecular complexity index is 1280. The molecule has 0 bridgehead atoms. The molecule has 0 radical (unpaired) electrons. The van der Waals surface area contributed by atoms with Crippen molar-refractivity contribution >= 4 is 28.5 Å². The van der Waals surface area contributed by atoms with Crippen LogP contribution in [-0.4, -0.2) is 33.3 Å². The van der Waals surface area contributed by atoms with Gasteiger partial charge in [-0.1, -0.05) is 48.0 Å². The van der Waals surface area contributed by atoms with Gasteiger partial charge in [0.05, 0.1) is 24.0 Å². The molecule has 2 N–H and O–H groups in total. The number of hydrogen-bond donors (Lipinski definition) is 2. The molecule has 0 aliphatic heterocycles. The van der Waals surface area contributed by atoms with Gasteiger partial charge in [-0.25, -0.2) is 4.98 Å². The maximum atomic E-state index is 12.7. The van der Waals surface area contributed by atoms with Gasteiger partial charge in [0.15, 0.2) is 0 Å². The molecule has 0 aliphatic rings. The van der Waals surface area contributed by atoms with Gasteiger partial charge in [-0.05, 0) is 60.9 Å². The average molecular weight is 478 g/mol. The zero-order valence-corrected chi connectivity index (χ0v) is 20.0. The molecule has 1 atom stereocenters. The van der Waals surface area contributed by atoms with Crippen molar-refractivity contribution in [3.05, 3.63) is 94.3 Å². The molecule has 176 valence electrons. The van der Waals surface area contributed by atoms with Crippen molar-refractivity contribution in [2.24, 2.45) is 0 Å². The summed E-state index contributed by atoms with van der Waals surface area (Å²) < 4.78 is 7.78. The molecule has 7 heteroatoms. The number of fused-ring (bicyclic) bond motifs is 1. The summed E-state index contributed by atoms with van der Waals surface area (Å²) in [6, 6.07) is 21.0. The van der Waals surface area contributed by atoms with Crippen LogP contribution in [0.25, 0.3) is 11.0 Å². The van der Waals surface area contributed by atoms with Crippen LogP contribution in [0.4, 0.5) is 0 Å². The number of nitrogens with one attached hydrogen (secondary N) is 1. The molecule has 0 aliphatic carbocycles. The SMILES string of the molecule is Cc1ccc(C)c(OCC(O)Cn2c(CC(=O)NCc3ccc(Cl)cc3)nc3ccccc32)c1. The van der Waals surface area contributed by atoms with E-state index in [-0.39, 0.29) is 25.5 Å². The summed E-state index contributed by atoms with van der Waals surface area (Å²) >= 11 is 5.92.